The number of carbonyl (C=O) groups is 4. The van der Waals surface area contributed by atoms with Crippen molar-refractivity contribution >= 4 is 47.0 Å². The molecule has 0 aromatic heterocycles. The van der Waals surface area contributed by atoms with Crippen molar-refractivity contribution in [3.05, 3.63) is 58.1 Å². The highest BCUT2D eigenvalue weighted by atomic mass is 35.5. The van der Waals surface area contributed by atoms with Gasteiger partial charge in [0.05, 0.1) is 16.3 Å². The molecule has 3 saturated heterocycles. The fourth-order valence-electron chi connectivity index (χ4n) is 8.71. The van der Waals surface area contributed by atoms with E-state index in [2.05, 4.69) is 10.2 Å². The summed E-state index contributed by atoms with van der Waals surface area (Å²) in [5.41, 5.74) is 5.86. The van der Waals surface area contributed by atoms with E-state index in [4.69, 9.17) is 26.8 Å². The number of hydrogen-bond acceptors (Lipinski definition) is 9. The number of carbonyl (C=O) groups excluding carboxylic acids is 4. The number of amides is 4. The van der Waals surface area contributed by atoms with E-state index in [9.17, 15) is 32.3 Å². The maximum Gasteiger partial charge on any atom is 0.418 e. The first-order chi connectivity index (χ1) is 28.2. The van der Waals surface area contributed by atoms with Gasteiger partial charge in [-0.3, -0.25) is 9.59 Å². The van der Waals surface area contributed by atoms with Gasteiger partial charge in [0.2, 0.25) is 0 Å². The van der Waals surface area contributed by atoms with Crippen molar-refractivity contribution in [2.75, 3.05) is 84.1 Å². The Kier molecular flexibility index (Phi) is 14.9. The molecule has 0 aliphatic carbocycles. The predicted molar refractivity (Wildman–Crippen MR) is 218 cm³/mol. The van der Waals surface area contributed by atoms with Crippen molar-refractivity contribution in [2.45, 2.75) is 88.6 Å². The number of urea groups is 1. The SMILES string of the molecule is CN(C)CCOC(=O)CCC1CCN(C2CCN(C(=O)[C@@H](Cc3cc(Cl)c(N)c(C(F)(F)F)c3)OC(=O)N3CCC(N4CCc5ccccc5NC4=O)CC3)CC2)CC1. The molecule has 2 aromatic carbocycles. The Morgan fingerprint density at radius 3 is 2.27 bits per heavy atom. The van der Waals surface area contributed by atoms with Gasteiger partial charge in [0.1, 0.15) is 6.61 Å². The molecule has 0 unspecified atom stereocenters. The van der Waals surface area contributed by atoms with Crippen LogP contribution in [0.1, 0.15) is 68.1 Å². The highest BCUT2D eigenvalue weighted by Crippen LogP contribution is 2.38. The van der Waals surface area contributed by atoms with Crippen LogP contribution in [0.5, 0.6) is 0 Å². The van der Waals surface area contributed by atoms with Gasteiger partial charge in [0.15, 0.2) is 6.10 Å². The van der Waals surface area contributed by atoms with Gasteiger partial charge < -0.3 is 45.0 Å². The van der Waals surface area contributed by atoms with E-state index in [0.29, 0.717) is 77.2 Å². The third-order valence-corrected chi connectivity index (χ3v) is 12.6. The van der Waals surface area contributed by atoms with E-state index in [0.717, 1.165) is 49.7 Å². The normalized spacial score (nSPS) is 19.6. The number of rotatable bonds is 12. The van der Waals surface area contributed by atoms with Crippen LogP contribution in [0.25, 0.3) is 0 Å². The Balaban J connectivity index is 1.04. The van der Waals surface area contributed by atoms with Crippen LogP contribution >= 0.6 is 11.6 Å². The summed E-state index contributed by atoms with van der Waals surface area (Å²) in [7, 11) is 3.86. The van der Waals surface area contributed by atoms with E-state index in [1.165, 1.54) is 11.0 Å². The average Bonchev–Trinajstić information content (AvgIpc) is 3.38. The van der Waals surface area contributed by atoms with Gasteiger partial charge in [-0.15, -0.1) is 0 Å². The largest absolute Gasteiger partial charge is 0.464 e. The number of halogens is 4. The zero-order chi connectivity index (χ0) is 42.3. The molecule has 4 heterocycles. The van der Waals surface area contributed by atoms with Crippen LogP contribution < -0.4 is 11.1 Å². The van der Waals surface area contributed by atoms with Crippen molar-refractivity contribution in [2.24, 2.45) is 5.92 Å². The van der Waals surface area contributed by atoms with Gasteiger partial charge in [-0.1, -0.05) is 29.8 Å². The van der Waals surface area contributed by atoms with Crippen molar-refractivity contribution in [1.82, 2.24) is 24.5 Å². The lowest BCUT2D eigenvalue weighted by molar-refractivity contribution is -0.144. The summed E-state index contributed by atoms with van der Waals surface area (Å²) in [5.74, 6) is -0.196. The van der Waals surface area contributed by atoms with E-state index in [-0.39, 0.29) is 54.2 Å². The van der Waals surface area contributed by atoms with Gasteiger partial charge in [-0.2, -0.15) is 13.2 Å². The third kappa shape index (κ3) is 11.7. The van der Waals surface area contributed by atoms with Crippen LogP contribution in [0.3, 0.4) is 0 Å². The zero-order valence-corrected chi connectivity index (χ0v) is 34.7. The fraction of sp³-hybridized carbons (Fsp3) is 0.619. The number of benzene rings is 2. The summed E-state index contributed by atoms with van der Waals surface area (Å²) >= 11 is 6.15. The van der Waals surface area contributed by atoms with Crippen molar-refractivity contribution in [3.63, 3.8) is 0 Å². The number of para-hydroxylation sites is 1. The molecule has 3 N–H and O–H groups in total. The molecule has 4 aliphatic rings. The number of piperidine rings is 3. The molecular weight excluding hydrogens is 791 g/mol. The average molecular weight is 848 g/mol. The molecule has 0 saturated carbocycles. The van der Waals surface area contributed by atoms with E-state index in [1.54, 1.807) is 9.80 Å². The van der Waals surface area contributed by atoms with Crippen LogP contribution in [0.2, 0.25) is 5.02 Å². The summed E-state index contributed by atoms with van der Waals surface area (Å²) in [5, 5.41) is 2.68. The predicted octanol–water partition coefficient (Wildman–Crippen LogP) is 6.13. The maximum absolute atomic E-state index is 14.2. The first-order valence-corrected chi connectivity index (χ1v) is 21.1. The molecule has 0 radical (unpaired) electrons. The number of nitrogens with zero attached hydrogens (tertiary/aromatic N) is 5. The van der Waals surface area contributed by atoms with Crippen LogP contribution in [0.4, 0.5) is 34.1 Å². The molecule has 4 aliphatic heterocycles. The minimum absolute atomic E-state index is 0.0640. The van der Waals surface area contributed by atoms with Crippen LogP contribution in [-0.2, 0) is 38.1 Å². The Bertz CT molecular complexity index is 1790. The number of ether oxygens (including phenoxy) is 2. The standard InChI is InChI=1S/C42H57ClF3N7O6/c1-49(2)23-24-58-37(54)8-7-28-9-16-50(17-10-28)31-12-18-51(19-13-31)39(55)36(27-29-25-33(42(44,45)46)38(47)34(43)26-29)59-41(57)52-20-14-32(15-21-52)53-22-11-30-5-3-4-6-35(30)48-40(53)56/h3-6,25-26,28,31-32,36H,7-24,27,47H2,1-2H3,(H,48,56)/t36-/m1/s1. The number of hydrogen-bond donors (Lipinski definition) is 2. The molecule has 0 bridgehead atoms. The summed E-state index contributed by atoms with van der Waals surface area (Å²) in [6, 6.07) is 9.76. The number of esters is 1. The Hall–Kier alpha value is -4.28. The molecule has 13 nitrogen and oxygen atoms in total. The van der Waals surface area contributed by atoms with Crippen LogP contribution in [-0.4, -0.2) is 140 Å². The number of nitrogen functional groups attached to an aromatic ring is 1. The van der Waals surface area contributed by atoms with Crippen molar-refractivity contribution in [3.8, 4) is 0 Å². The minimum Gasteiger partial charge on any atom is -0.464 e. The van der Waals surface area contributed by atoms with Gasteiger partial charge in [0, 0.05) is 69.9 Å². The Morgan fingerprint density at radius 1 is 0.932 bits per heavy atom. The molecule has 1 atom stereocenters. The Morgan fingerprint density at radius 2 is 1.59 bits per heavy atom. The molecular formula is C42H57ClF3N7O6. The highest BCUT2D eigenvalue weighted by molar-refractivity contribution is 6.33. The third-order valence-electron chi connectivity index (χ3n) is 12.2. The highest BCUT2D eigenvalue weighted by Gasteiger charge is 2.38. The summed E-state index contributed by atoms with van der Waals surface area (Å²) < 4.78 is 53.0. The second-order valence-electron chi connectivity index (χ2n) is 16.5. The number of fused-ring (bicyclic) bond motifs is 1. The number of alkyl halides is 3. The molecule has 17 heteroatoms. The van der Waals surface area contributed by atoms with E-state index < -0.39 is 35.5 Å². The summed E-state index contributed by atoms with van der Waals surface area (Å²) in [4.78, 5) is 62.5. The topological polar surface area (TPSA) is 141 Å². The fourth-order valence-corrected chi connectivity index (χ4v) is 8.95. The van der Waals surface area contributed by atoms with Gasteiger partial charge >= 0.3 is 24.3 Å². The number of nitrogens with two attached hydrogens (primary N) is 1. The van der Waals surface area contributed by atoms with Crippen LogP contribution in [0, 0.1) is 5.92 Å². The lowest BCUT2D eigenvalue weighted by atomic mass is 9.90. The van der Waals surface area contributed by atoms with Crippen LogP contribution in [0.15, 0.2) is 36.4 Å². The minimum atomic E-state index is -4.79. The second-order valence-corrected chi connectivity index (χ2v) is 16.9. The number of likely N-dealkylation sites (tertiary alicyclic amines) is 3. The lowest BCUT2D eigenvalue weighted by Gasteiger charge is -2.42. The maximum atomic E-state index is 14.2. The molecule has 3 fully saturated rings. The molecule has 59 heavy (non-hydrogen) atoms. The first kappa shape index (κ1) is 44.3. The lowest BCUT2D eigenvalue weighted by Crippen LogP contribution is -2.53. The van der Waals surface area contributed by atoms with E-state index >= 15 is 0 Å². The molecule has 2 aromatic rings. The molecule has 4 amide bonds. The summed E-state index contributed by atoms with van der Waals surface area (Å²) in [6.07, 6.45) is -1.02. The molecule has 324 valence electrons. The Labute approximate surface area is 349 Å². The first-order valence-electron chi connectivity index (χ1n) is 20.8. The number of anilines is 2. The van der Waals surface area contributed by atoms with Gasteiger partial charge in [0.25, 0.3) is 5.91 Å². The zero-order valence-electron chi connectivity index (χ0n) is 34.0. The summed E-state index contributed by atoms with van der Waals surface area (Å²) in [6.45, 7) is 4.75. The quantitative estimate of drug-likeness (QED) is 0.191. The van der Waals surface area contributed by atoms with E-state index in [1.807, 2.05) is 43.3 Å². The molecule has 6 rings (SSSR count). The smallest absolute Gasteiger partial charge is 0.418 e. The molecule has 0 spiro atoms. The second kappa shape index (κ2) is 19.9. The van der Waals surface area contributed by atoms with Crippen molar-refractivity contribution in [1.29, 1.82) is 0 Å². The van der Waals surface area contributed by atoms with Gasteiger partial charge in [-0.05, 0) is 114 Å². The number of nitrogens with one attached hydrogen (secondary N) is 1. The van der Waals surface area contributed by atoms with Gasteiger partial charge in [-0.25, -0.2) is 9.59 Å². The van der Waals surface area contributed by atoms with Crippen molar-refractivity contribution < 1.29 is 41.8 Å². The number of likely N-dealkylation sites (N-methyl/N-ethyl adjacent to an activating group) is 1. The monoisotopic (exact) mass is 847 g/mol.